The van der Waals surface area contributed by atoms with Gasteiger partial charge in [0.1, 0.15) is 0 Å². The lowest BCUT2D eigenvalue weighted by Crippen LogP contribution is -2.45. The number of fused-ring (bicyclic) bond motifs is 1. The van der Waals surface area contributed by atoms with E-state index in [0.717, 1.165) is 36.8 Å². The maximum absolute atomic E-state index is 12.3. The first-order valence-electron chi connectivity index (χ1n) is 6.73. The van der Waals surface area contributed by atoms with Gasteiger partial charge >= 0.3 is 0 Å². The number of piperidine rings is 1. The summed E-state index contributed by atoms with van der Waals surface area (Å²) in [6.45, 7) is 1.85. The van der Waals surface area contributed by atoms with E-state index < -0.39 is 0 Å². The first-order chi connectivity index (χ1) is 9.25. The molecule has 5 heteroatoms. The Kier molecular flexibility index (Phi) is 3.21. The van der Waals surface area contributed by atoms with Crippen molar-refractivity contribution in [1.82, 2.24) is 20.2 Å². The first kappa shape index (κ1) is 12.2. The average molecular weight is 258 g/mol. The third-order valence-electron chi connectivity index (χ3n) is 3.59. The molecule has 100 valence electrons. The molecular weight excluding hydrogens is 240 g/mol. The van der Waals surface area contributed by atoms with Crippen LogP contribution in [0.2, 0.25) is 0 Å². The maximum atomic E-state index is 12.3. The van der Waals surface area contributed by atoms with Gasteiger partial charge in [0.25, 0.3) is 5.91 Å². The molecule has 0 radical (unpaired) electrons. The van der Waals surface area contributed by atoms with Crippen molar-refractivity contribution in [3.8, 4) is 0 Å². The van der Waals surface area contributed by atoms with Crippen molar-refractivity contribution in [2.75, 3.05) is 13.1 Å². The summed E-state index contributed by atoms with van der Waals surface area (Å²) in [7, 11) is 1.86. The largest absolute Gasteiger partial charge is 0.286 e. The fourth-order valence-electron chi connectivity index (χ4n) is 2.58. The Morgan fingerprint density at radius 1 is 1.21 bits per heavy atom. The highest BCUT2D eigenvalue weighted by molar-refractivity contribution is 6.04. The zero-order chi connectivity index (χ0) is 13.2. The normalized spacial score (nSPS) is 16.7. The Hall–Kier alpha value is -1.88. The summed E-state index contributed by atoms with van der Waals surface area (Å²) in [5.41, 5.74) is 4.44. The minimum atomic E-state index is -0.112. The van der Waals surface area contributed by atoms with Crippen LogP contribution in [0.3, 0.4) is 0 Å². The van der Waals surface area contributed by atoms with Crippen LogP contribution in [0.25, 0.3) is 10.9 Å². The lowest BCUT2D eigenvalue weighted by atomic mass is 10.2. The number of amides is 1. The Morgan fingerprint density at radius 2 is 1.95 bits per heavy atom. The number of hydrogen-bond donors (Lipinski definition) is 1. The summed E-state index contributed by atoms with van der Waals surface area (Å²) in [6.07, 6.45) is 3.53. The van der Waals surface area contributed by atoms with Gasteiger partial charge in [-0.05, 0) is 18.9 Å². The smallest absolute Gasteiger partial charge is 0.283 e. The molecule has 0 atom stereocenters. The fraction of sp³-hybridized carbons (Fsp3) is 0.429. The Labute approximate surface area is 112 Å². The molecule has 1 aromatic heterocycles. The van der Waals surface area contributed by atoms with Crippen LogP contribution in [-0.4, -0.2) is 33.8 Å². The molecule has 1 aromatic carbocycles. The highest BCUT2D eigenvalue weighted by Crippen LogP contribution is 2.17. The van der Waals surface area contributed by atoms with Crippen LogP contribution in [-0.2, 0) is 7.05 Å². The molecule has 0 spiro atoms. The summed E-state index contributed by atoms with van der Waals surface area (Å²) < 4.78 is 1.75. The molecule has 0 bridgehead atoms. The molecule has 2 heterocycles. The second-order valence-corrected chi connectivity index (χ2v) is 4.98. The van der Waals surface area contributed by atoms with Gasteiger partial charge in [0.15, 0.2) is 5.69 Å². The quantitative estimate of drug-likeness (QED) is 0.892. The van der Waals surface area contributed by atoms with Crippen molar-refractivity contribution in [3.05, 3.63) is 30.0 Å². The molecule has 1 aliphatic rings. The lowest BCUT2D eigenvalue weighted by molar-refractivity contribution is 0.0745. The highest BCUT2D eigenvalue weighted by atomic mass is 16.2. The van der Waals surface area contributed by atoms with Crippen molar-refractivity contribution in [2.45, 2.75) is 19.3 Å². The van der Waals surface area contributed by atoms with Gasteiger partial charge in [0.05, 0.1) is 5.52 Å². The topological polar surface area (TPSA) is 50.2 Å². The van der Waals surface area contributed by atoms with Crippen molar-refractivity contribution in [1.29, 1.82) is 0 Å². The Bertz CT molecular complexity index is 599. The number of hydrogen-bond acceptors (Lipinski definition) is 3. The van der Waals surface area contributed by atoms with Gasteiger partial charge in [-0.3, -0.25) is 14.9 Å². The van der Waals surface area contributed by atoms with Gasteiger partial charge in [-0.1, -0.05) is 24.6 Å². The molecule has 1 saturated heterocycles. The molecule has 5 nitrogen and oxygen atoms in total. The fourth-order valence-corrected chi connectivity index (χ4v) is 2.58. The van der Waals surface area contributed by atoms with E-state index in [4.69, 9.17) is 0 Å². The first-order valence-corrected chi connectivity index (χ1v) is 6.73. The summed E-state index contributed by atoms with van der Waals surface area (Å²) >= 11 is 0. The Morgan fingerprint density at radius 3 is 2.74 bits per heavy atom. The zero-order valence-electron chi connectivity index (χ0n) is 11.1. The van der Waals surface area contributed by atoms with E-state index in [1.54, 1.807) is 4.68 Å². The monoisotopic (exact) mass is 258 g/mol. The van der Waals surface area contributed by atoms with Crippen LogP contribution >= 0.6 is 0 Å². The van der Waals surface area contributed by atoms with Crippen molar-refractivity contribution in [2.24, 2.45) is 7.05 Å². The number of carbonyl (C=O) groups excluding carboxylic acids is 1. The van der Waals surface area contributed by atoms with E-state index >= 15 is 0 Å². The second kappa shape index (κ2) is 5.01. The number of nitrogens with zero attached hydrogens (tertiary/aromatic N) is 3. The van der Waals surface area contributed by atoms with Crippen molar-refractivity contribution in [3.63, 3.8) is 0 Å². The van der Waals surface area contributed by atoms with Crippen LogP contribution in [0.15, 0.2) is 24.3 Å². The molecule has 1 N–H and O–H groups in total. The summed E-state index contributed by atoms with van der Waals surface area (Å²) in [4.78, 5) is 12.3. The molecule has 3 rings (SSSR count). The molecular formula is C14H18N4O. The number of aryl methyl sites for hydroxylation is 1. The van der Waals surface area contributed by atoms with Gasteiger partial charge in [-0.15, -0.1) is 0 Å². The molecule has 0 saturated carbocycles. The van der Waals surface area contributed by atoms with E-state index in [1.165, 1.54) is 6.42 Å². The van der Waals surface area contributed by atoms with E-state index in [1.807, 2.05) is 36.3 Å². The van der Waals surface area contributed by atoms with Gasteiger partial charge in [-0.2, -0.15) is 5.10 Å². The van der Waals surface area contributed by atoms with Gasteiger partial charge in [-0.25, -0.2) is 5.01 Å². The van der Waals surface area contributed by atoms with E-state index in [2.05, 4.69) is 10.5 Å². The number of carbonyl (C=O) groups is 1. The molecule has 1 fully saturated rings. The standard InChI is InChI=1S/C14H18N4O/c1-17-12-8-4-3-7-11(12)13(15-17)14(19)16-18-9-5-2-6-10-18/h3-4,7-8H,2,5-6,9-10H2,1H3,(H,16,19). The maximum Gasteiger partial charge on any atom is 0.286 e. The molecule has 2 aromatic rings. The van der Waals surface area contributed by atoms with Crippen LogP contribution in [0.5, 0.6) is 0 Å². The third kappa shape index (κ3) is 2.33. The molecule has 0 aliphatic carbocycles. The van der Waals surface area contributed by atoms with E-state index in [-0.39, 0.29) is 5.91 Å². The van der Waals surface area contributed by atoms with Gasteiger partial charge in [0.2, 0.25) is 0 Å². The van der Waals surface area contributed by atoms with Crippen LogP contribution in [0, 0.1) is 0 Å². The van der Waals surface area contributed by atoms with Crippen LogP contribution in [0.4, 0.5) is 0 Å². The zero-order valence-corrected chi connectivity index (χ0v) is 11.1. The number of benzene rings is 1. The number of rotatable bonds is 2. The minimum absolute atomic E-state index is 0.112. The number of aromatic nitrogens is 2. The molecule has 1 amide bonds. The van der Waals surface area contributed by atoms with E-state index in [0.29, 0.717) is 5.69 Å². The van der Waals surface area contributed by atoms with Crippen LogP contribution in [0.1, 0.15) is 29.8 Å². The minimum Gasteiger partial charge on any atom is -0.283 e. The third-order valence-corrected chi connectivity index (χ3v) is 3.59. The number of nitrogens with one attached hydrogen (secondary N) is 1. The average Bonchev–Trinajstić information content (AvgIpc) is 2.78. The van der Waals surface area contributed by atoms with E-state index in [9.17, 15) is 4.79 Å². The highest BCUT2D eigenvalue weighted by Gasteiger charge is 2.19. The predicted molar refractivity (Wildman–Crippen MR) is 73.6 cm³/mol. The molecule has 0 unspecified atom stereocenters. The second-order valence-electron chi connectivity index (χ2n) is 4.98. The summed E-state index contributed by atoms with van der Waals surface area (Å²) in [6, 6.07) is 7.80. The van der Waals surface area contributed by atoms with Gasteiger partial charge in [0, 0.05) is 25.5 Å². The van der Waals surface area contributed by atoms with Crippen molar-refractivity contribution >= 4 is 16.8 Å². The summed E-state index contributed by atoms with van der Waals surface area (Å²) in [5, 5.41) is 7.23. The number of hydrazine groups is 1. The Balaban J connectivity index is 1.85. The van der Waals surface area contributed by atoms with Gasteiger partial charge < -0.3 is 0 Å². The molecule has 19 heavy (non-hydrogen) atoms. The lowest BCUT2D eigenvalue weighted by Gasteiger charge is -2.26. The predicted octanol–water partition coefficient (Wildman–Crippen LogP) is 1.70. The number of para-hydroxylation sites is 1. The summed E-state index contributed by atoms with van der Waals surface area (Å²) in [5.74, 6) is -0.112. The SMILES string of the molecule is Cn1nc(C(=O)NN2CCCCC2)c2ccccc21. The molecule has 1 aliphatic heterocycles. The van der Waals surface area contributed by atoms with Crippen LogP contribution < -0.4 is 5.43 Å². The van der Waals surface area contributed by atoms with Crippen molar-refractivity contribution < 1.29 is 4.79 Å².